The van der Waals surface area contributed by atoms with Gasteiger partial charge in [-0.15, -0.1) is 0 Å². The molecule has 3 aliphatic heterocycles. The smallest absolute Gasteiger partial charge is 0.338 e. The number of carbonyl (C=O) groups excluding carboxylic acids is 3. The molecule has 0 radical (unpaired) electrons. The van der Waals surface area contributed by atoms with Gasteiger partial charge in [-0.3, -0.25) is 9.59 Å². The number of hydrogen-bond donors (Lipinski definition) is 0. The van der Waals surface area contributed by atoms with Crippen molar-refractivity contribution < 1.29 is 33.3 Å². The summed E-state index contributed by atoms with van der Waals surface area (Å²) in [5.74, 6) is -0.0868. The summed E-state index contributed by atoms with van der Waals surface area (Å²) < 4.78 is 22.8. The van der Waals surface area contributed by atoms with Gasteiger partial charge in [0, 0.05) is 18.8 Å². The summed E-state index contributed by atoms with van der Waals surface area (Å²) in [6.45, 7) is 8.78. The number of nitrogens with zero attached hydrogens (tertiary/aromatic N) is 3. The van der Waals surface area contributed by atoms with Crippen LogP contribution in [0.2, 0.25) is 0 Å². The second-order valence-corrected chi connectivity index (χ2v) is 12.5. The molecule has 0 spiro atoms. The van der Waals surface area contributed by atoms with E-state index < -0.39 is 12.0 Å². The molecule has 2 aromatic rings. The number of methoxy groups -OCH3 is 1. The van der Waals surface area contributed by atoms with Crippen LogP contribution in [0, 0.1) is 5.92 Å². The lowest BCUT2D eigenvalue weighted by atomic mass is 9.93. The van der Waals surface area contributed by atoms with Crippen molar-refractivity contribution in [2.45, 2.75) is 65.7 Å². The molecule has 0 aliphatic carbocycles. The molecule has 1 amide bonds. The molecular weight excluding hydrogens is 606 g/mol. The normalized spacial score (nSPS) is 19.3. The monoisotopic (exact) mass is 647 g/mol. The Morgan fingerprint density at radius 3 is 2.59 bits per heavy atom. The third kappa shape index (κ3) is 7.41. The van der Waals surface area contributed by atoms with Crippen molar-refractivity contribution in [1.29, 1.82) is 0 Å². The Hall–Kier alpha value is -4.25. The number of carbonyl (C=O) groups is 3. The molecule has 0 bridgehead atoms. The maximum atomic E-state index is 13.7. The number of esters is 2. The minimum atomic E-state index is -0.626. The number of amides is 1. The summed E-state index contributed by atoms with van der Waals surface area (Å²) >= 11 is 1.41. The molecule has 1 fully saturated rings. The van der Waals surface area contributed by atoms with Crippen molar-refractivity contribution in [1.82, 2.24) is 9.80 Å². The van der Waals surface area contributed by atoms with E-state index in [4.69, 9.17) is 23.9 Å². The number of allylic oxidation sites excluding steroid dienone is 1. The molecule has 3 aliphatic rings. The quantitative estimate of drug-likeness (QED) is 0.272. The lowest BCUT2D eigenvalue weighted by Crippen LogP contribution is -2.44. The molecule has 0 N–H and O–H groups in total. The fourth-order valence-corrected chi connectivity index (χ4v) is 6.82. The highest BCUT2D eigenvalue weighted by Gasteiger charge is 2.42. The summed E-state index contributed by atoms with van der Waals surface area (Å²) in [7, 11) is 1.58. The van der Waals surface area contributed by atoms with Crippen LogP contribution in [0.25, 0.3) is 0 Å². The maximum absolute atomic E-state index is 13.7. The predicted octanol–water partition coefficient (Wildman–Crippen LogP) is 5.99. The molecule has 11 heteroatoms. The number of fused-ring (bicyclic) bond motifs is 1. The first kappa shape index (κ1) is 33.1. The number of aliphatic imine (C=N–C) groups is 1. The van der Waals surface area contributed by atoms with Crippen LogP contribution in [0.5, 0.6) is 11.5 Å². The fraction of sp³-hybridized carbons (Fsp3) is 0.429. The van der Waals surface area contributed by atoms with Gasteiger partial charge in [-0.2, -0.15) is 0 Å². The zero-order valence-electron chi connectivity index (χ0n) is 27.0. The number of ether oxygens (including phenoxy) is 4. The zero-order chi connectivity index (χ0) is 32.8. The van der Waals surface area contributed by atoms with Crippen molar-refractivity contribution >= 4 is 34.8 Å². The van der Waals surface area contributed by atoms with E-state index in [0.29, 0.717) is 66.4 Å². The summed E-state index contributed by atoms with van der Waals surface area (Å²) in [6, 6.07) is 14.8. The molecule has 2 atom stereocenters. The molecule has 46 heavy (non-hydrogen) atoms. The first-order valence-electron chi connectivity index (χ1n) is 15.6. The van der Waals surface area contributed by atoms with Crippen LogP contribution in [-0.4, -0.2) is 65.7 Å². The Bertz CT molecular complexity index is 1550. The molecule has 1 saturated heterocycles. The first-order chi connectivity index (χ1) is 22.2. The van der Waals surface area contributed by atoms with Gasteiger partial charge in [0.1, 0.15) is 6.61 Å². The van der Waals surface area contributed by atoms with E-state index in [1.54, 1.807) is 39.7 Å². The lowest BCUT2D eigenvalue weighted by Gasteiger charge is -2.37. The summed E-state index contributed by atoms with van der Waals surface area (Å²) in [5, 5.41) is 2.58. The highest BCUT2D eigenvalue weighted by atomic mass is 32.2. The molecule has 0 saturated carbocycles. The zero-order valence-corrected chi connectivity index (χ0v) is 27.8. The van der Waals surface area contributed by atoms with Gasteiger partial charge in [0.05, 0.1) is 49.5 Å². The van der Waals surface area contributed by atoms with Gasteiger partial charge in [0.2, 0.25) is 5.91 Å². The number of thioether (sulfide) groups is 1. The standard InChI is InChI=1S/C35H41N3O7S/c1-6-43-33(40)26-13-10-16-37(19-26)30(39)18-27-21-46-35-36-23(4)31(34(41)45-22(2)3)32(38(27)35)25-14-15-28(29(17-25)42-5)44-20-24-11-8-7-9-12-24/h7-9,11-12,14-15,17,21-22,26,32H,6,10,13,16,18-20H2,1-5H3/t26-,32+/m0/s1. The third-order valence-electron chi connectivity index (χ3n) is 8.03. The molecule has 0 aromatic heterocycles. The topological polar surface area (TPSA) is 107 Å². The van der Waals surface area contributed by atoms with E-state index in [1.165, 1.54) is 11.8 Å². The second-order valence-electron chi connectivity index (χ2n) is 11.6. The van der Waals surface area contributed by atoms with Gasteiger partial charge >= 0.3 is 11.9 Å². The van der Waals surface area contributed by atoms with Gasteiger partial charge in [0.15, 0.2) is 16.7 Å². The van der Waals surface area contributed by atoms with E-state index in [1.807, 2.05) is 58.8 Å². The molecule has 0 unspecified atom stereocenters. The van der Waals surface area contributed by atoms with Gasteiger partial charge in [0.25, 0.3) is 0 Å². The fourth-order valence-electron chi connectivity index (χ4n) is 5.86. The Balaban J connectivity index is 1.44. The van der Waals surface area contributed by atoms with Crippen molar-refractivity contribution in [3.63, 3.8) is 0 Å². The highest BCUT2D eigenvalue weighted by Crippen LogP contribution is 2.46. The summed E-state index contributed by atoms with van der Waals surface area (Å²) in [5.41, 5.74) is 3.43. The van der Waals surface area contributed by atoms with E-state index in [0.717, 1.165) is 17.5 Å². The van der Waals surface area contributed by atoms with E-state index >= 15 is 0 Å². The van der Waals surface area contributed by atoms with Crippen LogP contribution in [0.15, 0.2) is 75.9 Å². The average Bonchev–Trinajstić information content (AvgIpc) is 3.44. The highest BCUT2D eigenvalue weighted by molar-refractivity contribution is 8.16. The lowest BCUT2D eigenvalue weighted by molar-refractivity contribution is -0.151. The van der Waals surface area contributed by atoms with E-state index in [-0.39, 0.29) is 30.3 Å². The molecule has 3 heterocycles. The Morgan fingerprint density at radius 1 is 1.09 bits per heavy atom. The first-order valence-corrected chi connectivity index (χ1v) is 16.5. The van der Waals surface area contributed by atoms with Crippen LogP contribution in [0.4, 0.5) is 0 Å². The Labute approximate surface area is 274 Å². The van der Waals surface area contributed by atoms with Gasteiger partial charge in [-0.1, -0.05) is 48.2 Å². The van der Waals surface area contributed by atoms with Gasteiger partial charge in [-0.05, 0) is 69.2 Å². The summed E-state index contributed by atoms with van der Waals surface area (Å²) in [4.78, 5) is 48.2. The maximum Gasteiger partial charge on any atom is 0.338 e. The second kappa shape index (κ2) is 14.9. The van der Waals surface area contributed by atoms with Gasteiger partial charge < -0.3 is 28.7 Å². The number of amidine groups is 1. The average molecular weight is 648 g/mol. The van der Waals surface area contributed by atoms with Crippen molar-refractivity contribution in [3.05, 3.63) is 82.0 Å². The number of benzene rings is 2. The van der Waals surface area contributed by atoms with Crippen molar-refractivity contribution in [2.24, 2.45) is 10.9 Å². The van der Waals surface area contributed by atoms with Crippen LogP contribution in [-0.2, 0) is 30.5 Å². The Morgan fingerprint density at radius 2 is 1.87 bits per heavy atom. The SMILES string of the molecule is CCOC(=O)[C@H]1CCCN(C(=O)CC2=CSC3=NC(C)=C(C(=O)OC(C)C)[C@@H](c4ccc(OCc5ccccc5)c(OC)c4)N23)C1. The van der Waals surface area contributed by atoms with E-state index in [2.05, 4.69) is 0 Å². The molecule has 2 aromatic carbocycles. The van der Waals surface area contributed by atoms with Crippen LogP contribution >= 0.6 is 11.8 Å². The van der Waals surface area contributed by atoms with E-state index in [9.17, 15) is 14.4 Å². The van der Waals surface area contributed by atoms with Crippen LogP contribution in [0.1, 0.15) is 64.1 Å². The van der Waals surface area contributed by atoms with Crippen molar-refractivity contribution in [2.75, 3.05) is 26.8 Å². The number of likely N-dealkylation sites (tertiary alicyclic amines) is 1. The number of hydrogen-bond acceptors (Lipinski definition) is 10. The van der Waals surface area contributed by atoms with Crippen LogP contribution < -0.4 is 9.47 Å². The summed E-state index contributed by atoms with van der Waals surface area (Å²) in [6.07, 6.45) is 1.18. The third-order valence-corrected chi connectivity index (χ3v) is 8.92. The molecule has 5 rings (SSSR count). The molecule has 244 valence electrons. The Kier molecular flexibility index (Phi) is 10.7. The predicted molar refractivity (Wildman–Crippen MR) is 176 cm³/mol. The van der Waals surface area contributed by atoms with Crippen molar-refractivity contribution in [3.8, 4) is 11.5 Å². The minimum absolute atomic E-state index is 0.0824. The molecule has 10 nitrogen and oxygen atoms in total. The molecular formula is C35H41N3O7S. The largest absolute Gasteiger partial charge is 0.493 e. The van der Waals surface area contributed by atoms with Crippen LogP contribution in [0.3, 0.4) is 0 Å². The minimum Gasteiger partial charge on any atom is -0.493 e. The number of piperidine rings is 1. The number of rotatable bonds is 11. The van der Waals surface area contributed by atoms with Gasteiger partial charge in [-0.25, -0.2) is 9.79 Å².